The molecule has 0 radical (unpaired) electrons. The van der Waals surface area contributed by atoms with Gasteiger partial charge in [0.1, 0.15) is 28.5 Å². The van der Waals surface area contributed by atoms with E-state index in [0.29, 0.717) is 19.0 Å². The molecule has 1 amide bonds. The lowest BCUT2D eigenvalue weighted by molar-refractivity contribution is 0.0978. The second-order valence-corrected chi connectivity index (χ2v) is 7.45. The summed E-state index contributed by atoms with van der Waals surface area (Å²) in [6, 6.07) is 4.93. The monoisotopic (exact) mass is 447 g/mol. The van der Waals surface area contributed by atoms with Crippen LogP contribution in [0.1, 0.15) is 16.8 Å². The van der Waals surface area contributed by atoms with E-state index in [1.807, 2.05) is 19.0 Å². The highest BCUT2D eigenvalue weighted by atomic mass is 35.5. The third-order valence-corrected chi connectivity index (χ3v) is 5.07. The number of nitrogens with zero attached hydrogens (tertiary/aromatic N) is 3. The van der Waals surface area contributed by atoms with E-state index in [2.05, 4.69) is 4.98 Å². The molecule has 1 aromatic heterocycles. The van der Waals surface area contributed by atoms with Gasteiger partial charge >= 0.3 is 0 Å². The van der Waals surface area contributed by atoms with Gasteiger partial charge in [-0.3, -0.25) is 9.69 Å². The van der Waals surface area contributed by atoms with Gasteiger partial charge in [-0.2, -0.15) is 0 Å². The van der Waals surface area contributed by atoms with Gasteiger partial charge in [0.15, 0.2) is 10.9 Å². The van der Waals surface area contributed by atoms with Crippen LogP contribution < -0.4 is 4.90 Å². The molecule has 0 saturated heterocycles. The average molecular weight is 448 g/mol. The number of fused-ring (bicyclic) bond motifs is 1. The van der Waals surface area contributed by atoms with Gasteiger partial charge in [-0.25, -0.2) is 22.5 Å². The zero-order chi connectivity index (χ0) is 20.4. The predicted molar refractivity (Wildman–Crippen MR) is 108 cm³/mol. The van der Waals surface area contributed by atoms with Crippen molar-refractivity contribution >= 4 is 45.0 Å². The molecule has 3 aromatic rings. The first-order valence-corrected chi connectivity index (χ1v) is 9.25. The highest BCUT2D eigenvalue weighted by molar-refractivity contribution is 7.22. The number of carbonyl (C=O) groups is 1. The lowest BCUT2D eigenvalue weighted by atomic mass is 10.1. The van der Waals surface area contributed by atoms with E-state index in [1.165, 1.54) is 0 Å². The Balaban J connectivity index is 0.00000300. The second-order valence-electron chi connectivity index (χ2n) is 6.44. The normalized spacial score (nSPS) is 11.0. The molecule has 0 fully saturated rings. The molecule has 0 aliphatic rings. The maximum Gasteiger partial charge on any atom is 0.266 e. The Labute approximate surface area is 175 Å². The molecule has 0 spiro atoms. The summed E-state index contributed by atoms with van der Waals surface area (Å²) in [4.78, 5) is 20.0. The molecule has 0 aliphatic carbocycles. The van der Waals surface area contributed by atoms with Crippen molar-refractivity contribution in [1.29, 1.82) is 0 Å². The minimum absolute atomic E-state index is 0. The van der Waals surface area contributed by atoms with Crippen LogP contribution in [0.5, 0.6) is 0 Å². The van der Waals surface area contributed by atoms with Gasteiger partial charge in [-0.05, 0) is 45.3 Å². The standard InChI is InChI=1S/C19H17F4N3OS.ClH/c1-25(2)7-4-8-26(18(27)16-12(21)5-3-6-13(16)22)19-24-17-14(23)9-11(20)10-15(17)28-19;/h3,5-6,9-10H,4,7-8H2,1-2H3;1H. The van der Waals surface area contributed by atoms with Gasteiger partial charge in [0, 0.05) is 12.6 Å². The topological polar surface area (TPSA) is 36.4 Å². The lowest BCUT2D eigenvalue weighted by Crippen LogP contribution is -2.34. The van der Waals surface area contributed by atoms with Crippen molar-refractivity contribution in [2.24, 2.45) is 0 Å². The molecule has 1 heterocycles. The summed E-state index contributed by atoms with van der Waals surface area (Å²) in [7, 11) is 3.69. The van der Waals surface area contributed by atoms with Crippen molar-refractivity contribution in [2.45, 2.75) is 6.42 Å². The Morgan fingerprint density at radius 3 is 2.31 bits per heavy atom. The van der Waals surface area contributed by atoms with Gasteiger partial charge < -0.3 is 4.90 Å². The van der Waals surface area contributed by atoms with E-state index in [1.54, 1.807) is 0 Å². The van der Waals surface area contributed by atoms with Crippen molar-refractivity contribution in [3.63, 3.8) is 0 Å². The molecule has 2 aromatic carbocycles. The minimum atomic E-state index is -0.999. The first kappa shape index (κ1) is 23.1. The largest absolute Gasteiger partial charge is 0.309 e. The Morgan fingerprint density at radius 1 is 1.03 bits per heavy atom. The van der Waals surface area contributed by atoms with Crippen LogP contribution in [0.25, 0.3) is 10.2 Å². The molecule has 10 heteroatoms. The van der Waals surface area contributed by atoms with E-state index in [4.69, 9.17) is 0 Å². The number of aromatic nitrogens is 1. The molecule has 0 unspecified atom stereocenters. The Hall–Kier alpha value is -2.23. The number of carbonyl (C=O) groups excluding carboxylic acids is 1. The molecule has 0 saturated carbocycles. The highest BCUT2D eigenvalue weighted by Crippen LogP contribution is 2.32. The van der Waals surface area contributed by atoms with Crippen molar-refractivity contribution < 1.29 is 22.4 Å². The molecule has 4 nitrogen and oxygen atoms in total. The SMILES string of the molecule is CN(C)CCCN(C(=O)c1c(F)cccc1F)c1nc2c(F)cc(F)cc2s1.Cl. The number of rotatable bonds is 6. The summed E-state index contributed by atoms with van der Waals surface area (Å²) in [6.07, 6.45) is 0.488. The van der Waals surface area contributed by atoms with Crippen LogP contribution in [0.15, 0.2) is 30.3 Å². The van der Waals surface area contributed by atoms with Crippen LogP contribution in [-0.2, 0) is 0 Å². The number of anilines is 1. The first-order chi connectivity index (χ1) is 13.3. The fraction of sp³-hybridized carbons (Fsp3) is 0.263. The molecule has 3 rings (SSSR count). The lowest BCUT2D eigenvalue weighted by Gasteiger charge is -2.21. The summed E-state index contributed by atoms with van der Waals surface area (Å²) in [5.41, 5.74) is -0.806. The van der Waals surface area contributed by atoms with Gasteiger partial charge in [-0.1, -0.05) is 17.4 Å². The van der Waals surface area contributed by atoms with Crippen LogP contribution in [0.3, 0.4) is 0 Å². The molecular formula is C19H18ClF4N3OS. The van der Waals surface area contributed by atoms with Crippen LogP contribution in [0.4, 0.5) is 22.7 Å². The molecule has 0 bridgehead atoms. The smallest absolute Gasteiger partial charge is 0.266 e. The minimum Gasteiger partial charge on any atom is -0.309 e. The molecular weight excluding hydrogens is 430 g/mol. The zero-order valence-electron chi connectivity index (χ0n) is 15.6. The van der Waals surface area contributed by atoms with Crippen molar-refractivity contribution in [1.82, 2.24) is 9.88 Å². The van der Waals surface area contributed by atoms with Gasteiger partial charge in [0.25, 0.3) is 5.91 Å². The highest BCUT2D eigenvalue weighted by Gasteiger charge is 2.27. The molecule has 0 aliphatic heterocycles. The van der Waals surface area contributed by atoms with Crippen LogP contribution in [0.2, 0.25) is 0 Å². The molecule has 0 N–H and O–H groups in total. The molecule has 156 valence electrons. The second kappa shape index (κ2) is 9.51. The summed E-state index contributed by atoms with van der Waals surface area (Å²) in [5, 5.41) is 0.0471. The fourth-order valence-electron chi connectivity index (χ4n) is 2.73. The van der Waals surface area contributed by atoms with Crippen LogP contribution in [-0.4, -0.2) is 43.0 Å². The number of thiazole rings is 1. The van der Waals surface area contributed by atoms with E-state index < -0.39 is 34.7 Å². The van der Waals surface area contributed by atoms with Crippen molar-refractivity contribution in [3.05, 3.63) is 59.2 Å². The van der Waals surface area contributed by atoms with Crippen LogP contribution in [0, 0.1) is 23.3 Å². The van der Waals surface area contributed by atoms with Crippen molar-refractivity contribution in [2.75, 3.05) is 32.1 Å². The number of hydrogen-bond acceptors (Lipinski definition) is 4. The number of hydrogen-bond donors (Lipinski definition) is 0. The third kappa shape index (κ3) is 5.04. The van der Waals surface area contributed by atoms with Gasteiger partial charge in [-0.15, -0.1) is 12.4 Å². The number of amides is 1. The van der Waals surface area contributed by atoms with Gasteiger partial charge in [0.2, 0.25) is 0 Å². The quantitative estimate of drug-likeness (QED) is 0.506. The number of halogens is 5. The molecule has 0 atom stereocenters. The summed E-state index contributed by atoms with van der Waals surface area (Å²) >= 11 is 0.883. The van der Waals surface area contributed by atoms with Gasteiger partial charge in [0.05, 0.1) is 4.70 Å². The van der Waals surface area contributed by atoms with Crippen LogP contribution >= 0.6 is 23.7 Å². The van der Waals surface area contributed by atoms with E-state index in [-0.39, 0.29) is 34.3 Å². The van der Waals surface area contributed by atoms with E-state index in [0.717, 1.165) is 40.5 Å². The summed E-state index contributed by atoms with van der Waals surface area (Å²) in [5.74, 6) is -4.56. The Bertz CT molecular complexity index is 1010. The van der Waals surface area contributed by atoms with E-state index in [9.17, 15) is 22.4 Å². The zero-order valence-corrected chi connectivity index (χ0v) is 17.2. The fourth-order valence-corrected chi connectivity index (χ4v) is 3.76. The van der Waals surface area contributed by atoms with E-state index >= 15 is 0 Å². The first-order valence-electron chi connectivity index (χ1n) is 8.44. The summed E-state index contributed by atoms with van der Waals surface area (Å²) in [6.45, 7) is 0.714. The summed E-state index contributed by atoms with van der Waals surface area (Å²) < 4.78 is 55.9. The Kier molecular flexibility index (Phi) is 7.56. The molecule has 29 heavy (non-hydrogen) atoms. The maximum atomic E-state index is 14.1. The number of benzene rings is 2. The maximum absolute atomic E-state index is 14.1. The van der Waals surface area contributed by atoms with Crippen molar-refractivity contribution in [3.8, 4) is 0 Å². The average Bonchev–Trinajstić information content (AvgIpc) is 3.02. The predicted octanol–water partition coefficient (Wildman–Crippen LogP) is 4.87. The Morgan fingerprint density at radius 2 is 1.69 bits per heavy atom. The third-order valence-electron chi connectivity index (χ3n) is 4.04.